The maximum Gasteiger partial charge on any atom is 0.303 e. The van der Waals surface area contributed by atoms with Gasteiger partial charge in [0.05, 0.1) is 0 Å². The van der Waals surface area contributed by atoms with Gasteiger partial charge in [0.25, 0.3) is 0 Å². The molecule has 1 amide bonds. The monoisotopic (exact) mass is 504 g/mol. The Morgan fingerprint density at radius 1 is 1.14 bits per heavy atom. The first-order valence-electron chi connectivity index (χ1n) is 14.0. The molecule has 0 bridgehead atoms. The molecular weight excluding hydrogens is 464 g/mol. The quantitative estimate of drug-likeness (QED) is 0.554. The van der Waals surface area contributed by atoms with Gasteiger partial charge in [-0.2, -0.15) is 0 Å². The lowest BCUT2D eigenvalue weighted by molar-refractivity contribution is -0.138. The van der Waals surface area contributed by atoms with E-state index in [1.165, 1.54) is 16.8 Å². The van der Waals surface area contributed by atoms with Crippen LogP contribution in [0.15, 0.2) is 36.4 Å². The number of piperidine rings is 1. The average Bonchev–Trinajstić information content (AvgIpc) is 2.91. The van der Waals surface area contributed by atoms with E-state index >= 15 is 0 Å². The van der Waals surface area contributed by atoms with Gasteiger partial charge in [0.2, 0.25) is 5.91 Å². The fourth-order valence-corrected chi connectivity index (χ4v) is 6.58. The van der Waals surface area contributed by atoms with Crippen LogP contribution in [0.3, 0.4) is 0 Å². The number of aryl methyl sites for hydroxylation is 2. The highest BCUT2D eigenvalue weighted by molar-refractivity contribution is 5.76. The maximum absolute atomic E-state index is 12.9. The smallest absolute Gasteiger partial charge is 0.303 e. The van der Waals surface area contributed by atoms with Crippen LogP contribution < -0.4 is 10.2 Å². The first kappa shape index (κ1) is 25.6. The molecule has 1 aromatic carbocycles. The standard InChI is InChI=1S/C30H40N4O3/c1-33-20-25(18-23-5-2-3-7-27(23)33)24(19-29(36)37)17-21-12-15-34(16-13-21)28(35)11-10-26-9-8-22-6-4-14-31-30(22)32-26/h2-3,5,7-9,21,24-25H,4,6,10-20H2,1H3,(H,31,32)(H,36,37). The van der Waals surface area contributed by atoms with E-state index in [0.717, 1.165) is 76.2 Å². The van der Waals surface area contributed by atoms with E-state index in [1.54, 1.807) is 0 Å². The third-order valence-electron chi connectivity index (χ3n) is 8.65. The molecule has 0 saturated carbocycles. The first-order valence-corrected chi connectivity index (χ1v) is 14.0. The van der Waals surface area contributed by atoms with E-state index in [2.05, 4.69) is 53.7 Å². The van der Waals surface area contributed by atoms with E-state index in [4.69, 9.17) is 4.98 Å². The highest BCUT2D eigenvalue weighted by Crippen LogP contribution is 2.37. The lowest BCUT2D eigenvalue weighted by Gasteiger charge is -2.39. The number of nitrogens with zero attached hydrogens (tertiary/aromatic N) is 3. The number of hydrogen-bond acceptors (Lipinski definition) is 5. The Hall–Kier alpha value is -3.09. The highest BCUT2D eigenvalue weighted by Gasteiger charge is 2.33. The van der Waals surface area contributed by atoms with Gasteiger partial charge in [-0.3, -0.25) is 9.59 Å². The minimum Gasteiger partial charge on any atom is -0.481 e. The van der Waals surface area contributed by atoms with Crippen molar-refractivity contribution < 1.29 is 14.7 Å². The molecule has 2 atom stereocenters. The van der Waals surface area contributed by atoms with Crippen molar-refractivity contribution in [3.63, 3.8) is 0 Å². The van der Waals surface area contributed by atoms with E-state index in [9.17, 15) is 14.7 Å². The fourth-order valence-electron chi connectivity index (χ4n) is 6.58. The van der Waals surface area contributed by atoms with Crippen molar-refractivity contribution in [2.45, 2.75) is 57.8 Å². The summed E-state index contributed by atoms with van der Waals surface area (Å²) in [6, 6.07) is 12.7. The Balaban J connectivity index is 1.12. The van der Waals surface area contributed by atoms with Crippen molar-refractivity contribution in [2.75, 3.05) is 43.4 Å². The number of carboxylic acids is 1. The van der Waals surface area contributed by atoms with Crippen molar-refractivity contribution in [3.8, 4) is 0 Å². The first-order chi connectivity index (χ1) is 18.0. The number of fused-ring (bicyclic) bond motifs is 2. The third-order valence-corrected chi connectivity index (χ3v) is 8.65. The Morgan fingerprint density at radius 3 is 2.76 bits per heavy atom. The zero-order chi connectivity index (χ0) is 25.8. The Labute approximate surface area is 220 Å². The van der Waals surface area contributed by atoms with Gasteiger partial charge in [0.1, 0.15) is 5.82 Å². The molecule has 2 unspecified atom stereocenters. The molecule has 1 aromatic heterocycles. The summed E-state index contributed by atoms with van der Waals surface area (Å²) >= 11 is 0. The second-order valence-corrected chi connectivity index (χ2v) is 11.2. The average molecular weight is 505 g/mol. The van der Waals surface area contributed by atoms with Crippen molar-refractivity contribution in [3.05, 3.63) is 53.2 Å². The summed E-state index contributed by atoms with van der Waals surface area (Å²) in [5, 5.41) is 13.0. The van der Waals surface area contributed by atoms with Gasteiger partial charge < -0.3 is 20.2 Å². The number of aliphatic carboxylic acids is 1. The summed E-state index contributed by atoms with van der Waals surface area (Å²) in [7, 11) is 2.11. The molecule has 2 aromatic rings. The molecular formula is C30H40N4O3. The zero-order valence-corrected chi connectivity index (χ0v) is 22.0. The van der Waals surface area contributed by atoms with Crippen molar-refractivity contribution in [2.24, 2.45) is 17.8 Å². The SMILES string of the molecule is CN1CC(C(CC(=O)O)CC2CCN(C(=O)CCc3ccc4c(n3)NCCC4)CC2)Cc2ccccc21. The molecule has 7 nitrogen and oxygen atoms in total. The number of aromatic nitrogens is 1. The zero-order valence-electron chi connectivity index (χ0n) is 22.0. The largest absolute Gasteiger partial charge is 0.481 e. The number of carbonyl (C=O) groups excluding carboxylic acids is 1. The molecule has 2 N–H and O–H groups in total. The van der Waals surface area contributed by atoms with Crippen LogP contribution in [-0.4, -0.2) is 60.1 Å². The van der Waals surface area contributed by atoms with Crippen LogP contribution >= 0.6 is 0 Å². The number of pyridine rings is 1. The van der Waals surface area contributed by atoms with E-state index in [0.29, 0.717) is 24.7 Å². The number of hydrogen-bond donors (Lipinski definition) is 2. The minimum absolute atomic E-state index is 0.157. The predicted molar refractivity (Wildman–Crippen MR) is 146 cm³/mol. The third kappa shape index (κ3) is 6.25. The predicted octanol–water partition coefficient (Wildman–Crippen LogP) is 4.40. The van der Waals surface area contributed by atoms with Crippen LogP contribution in [0.25, 0.3) is 0 Å². The van der Waals surface area contributed by atoms with Gasteiger partial charge in [-0.15, -0.1) is 0 Å². The van der Waals surface area contributed by atoms with Crippen LogP contribution in [0, 0.1) is 17.8 Å². The second kappa shape index (κ2) is 11.5. The number of carbonyl (C=O) groups is 2. The Morgan fingerprint density at radius 2 is 1.95 bits per heavy atom. The lowest BCUT2D eigenvalue weighted by Crippen LogP contribution is -2.41. The van der Waals surface area contributed by atoms with E-state index in [1.807, 2.05) is 4.90 Å². The minimum atomic E-state index is -0.704. The molecule has 7 heteroatoms. The molecule has 0 spiro atoms. The van der Waals surface area contributed by atoms with Gasteiger partial charge in [-0.25, -0.2) is 4.98 Å². The summed E-state index contributed by atoms with van der Waals surface area (Å²) in [5.74, 6) is 1.46. The number of nitrogens with one attached hydrogen (secondary N) is 1. The topological polar surface area (TPSA) is 85.8 Å². The Kier molecular flexibility index (Phi) is 7.96. The molecule has 3 aliphatic rings. The van der Waals surface area contributed by atoms with Gasteiger partial charge in [0.15, 0.2) is 0 Å². The number of anilines is 2. The number of benzene rings is 1. The fraction of sp³-hybridized carbons (Fsp3) is 0.567. The summed E-state index contributed by atoms with van der Waals surface area (Å²) in [4.78, 5) is 33.7. The van der Waals surface area contributed by atoms with Crippen molar-refractivity contribution in [1.29, 1.82) is 0 Å². The molecule has 3 aliphatic heterocycles. The summed E-state index contributed by atoms with van der Waals surface area (Å²) in [6.07, 6.45) is 7.40. The molecule has 37 heavy (non-hydrogen) atoms. The van der Waals surface area contributed by atoms with E-state index < -0.39 is 5.97 Å². The summed E-state index contributed by atoms with van der Waals surface area (Å²) in [6.45, 7) is 3.42. The normalized spacial score (nSPS) is 20.5. The molecule has 198 valence electrons. The number of carboxylic acid groups (broad SMARTS) is 1. The maximum atomic E-state index is 12.9. The second-order valence-electron chi connectivity index (χ2n) is 11.2. The molecule has 4 heterocycles. The number of para-hydroxylation sites is 1. The number of amides is 1. The van der Waals surface area contributed by atoms with Crippen molar-refractivity contribution in [1.82, 2.24) is 9.88 Å². The van der Waals surface area contributed by atoms with Crippen LogP contribution in [0.2, 0.25) is 0 Å². The van der Waals surface area contributed by atoms with Crippen molar-refractivity contribution >= 4 is 23.4 Å². The summed E-state index contributed by atoms with van der Waals surface area (Å²) < 4.78 is 0. The van der Waals surface area contributed by atoms with Gasteiger partial charge in [0, 0.05) is 57.4 Å². The summed E-state index contributed by atoms with van der Waals surface area (Å²) in [5.41, 5.74) is 4.84. The van der Waals surface area contributed by atoms with Gasteiger partial charge in [-0.05, 0) is 86.0 Å². The molecule has 1 fully saturated rings. The number of likely N-dealkylation sites (tertiary alicyclic amines) is 1. The van der Waals surface area contributed by atoms with Crippen LogP contribution in [0.1, 0.15) is 55.3 Å². The van der Waals surface area contributed by atoms with Gasteiger partial charge >= 0.3 is 5.97 Å². The molecule has 0 radical (unpaired) electrons. The van der Waals surface area contributed by atoms with Crippen LogP contribution in [0.4, 0.5) is 11.5 Å². The van der Waals surface area contributed by atoms with Gasteiger partial charge in [-0.1, -0.05) is 24.3 Å². The molecule has 0 aliphatic carbocycles. The van der Waals surface area contributed by atoms with Crippen LogP contribution in [-0.2, 0) is 28.9 Å². The Bertz CT molecular complexity index is 1110. The lowest BCUT2D eigenvalue weighted by atomic mass is 9.75. The molecule has 1 saturated heterocycles. The van der Waals surface area contributed by atoms with E-state index in [-0.39, 0.29) is 18.2 Å². The number of rotatable bonds is 8. The highest BCUT2D eigenvalue weighted by atomic mass is 16.4. The van der Waals surface area contributed by atoms with Crippen LogP contribution in [0.5, 0.6) is 0 Å². The molecule has 5 rings (SSSR count).